The molecular weight excluding hydrogens is 289 g/mol. The van der Waals surface area contributed by atoms with E-state index in [9.17, 15) is 19.3 Å². The van der Waals surface area contributed by atoms with Crippen LogP contribution in [0, 0.1) is 27.3 Å². The molecule has 0 aliphatic heterocycles. The molecule has 1 amide bonds. The number of hydrogen-bond acceptors (Lipinski definition) is 4. The average molecular weight is 299 g/mol. The zero-order valence-corrected chi connectivity index (χ0v) is 11.2. The van der Waals surface area contributed by atoms with Crippen LogP contribution < -0.4 is 5.32 Å². The maximum absolute atomic E-state index is 12.9. The molecule has 2 aromatic rings. The molecule has 0 spiro atoms. The molecule has 2 aromatic carbocycles. The van der Waals surface area contributed by atoms with E-state index in [4.69, 9.17) is 5.26 Å². The van der Waals surface area contributed by atoms with Gasteiger partial charge in [-0.2, -0.15) is 5.26 Å². The lowest BCUT2D eigenvalue weighted by molar-refractivity contribution is -0.384. The molecule has 0 aliphatic rings. The van der Waals surface area contributed by atoms with E-state index in [-0.39, 0.29) is 11.3 Å². The number of hydrogen-bond donors (Lipinski definition) is 1. The normalized spacial score (nSPS) is 11.3. The van der Waals surface area contributed by atoms with Crippen LogP contribution in [0.2, 0.25) is 0 Å². The van der Waals surface area contributed by atoms with Crippen LogP contribution in [0.3, 0.4) is 0 Å². The van der Waals surface area contributed by atoms with Crippen LogP contribution in [0.1, 0.15) is 22.0 Å². The fraction of sp³-hybridized carbons (Fsp3) is 0.0667. The first-order valence-corrected chi connectivity index (χ1v) is 6.21. The molecule has 2 rings (SSSR count). The SMILES string of the molecule is N#C[C@@H](NC(=O)c1ccc([N+](=O)[O-])cc1)c1ccc(F)cc1. The van der Waals surface area contributed by atoms with Crippen molar-refractivity contribution in [1.29, 1.82) is 5.26 Å². The Morgan fingerprint density at radius 3 is 2.27 bits per heavy atom. The molecule has 110 valence electrons. The number of amides is 1. The van der Waals surface area contributed by atoms with Gasteiger partial charge in [-0.25, -0.2) is 4.39 Å². The Hall–Kier alpha value is -3.27. The number of carbonyl (C=O) groups excluding carboxylic acids is 1. The predicted octanol–water partition coefficient (Wildman–Crippen LogP) is 2.73. The summed E-state index contributed by atoms with van der Waals surface area (Å²) in [6.07, 6.45) is 0. The topological polar surface area (TPSA) is 96.0 Å². The first-order valence-electron chi connectivity index (χ1n) is 6.21. The molecule has 22 heavy (non-hydrogen) atoms. The van der Waals surface area contributed by atoms with E-state index < -0.39 is 22.7 Å². The highest BCUT2D eigenvalue weighted by Crippen LogP contribution is 2.15. The van der Waals surface area contributed by atoms with Crippen molar-refractivity contribution in [3.8, 4) is 6.07 Å². The third-order valence-corrected chi connectivity index (χ3v) is 2.95. The first kappa shape index (κ1) is 15.1. The van der Waals surface area contributed by atoms with Crippen LogP contribution >= 0.6 is 0 Å². The molecule has 6 nitrogen and oxygen atoms in total. The first-order chi connectivity index (χ1) is 10.5. The highest BCUT2D eigenvalue weighted by Gasteiger charge is 2.16. The van der Waals surface area contributed by atoms with Crippen LogP contribution in [0.4, 0.5) is 10.1 Å². The minimum Gasteiger partial charge on any atom is -0.333 e. The van der Waals surface area contributed by atoms with E-state index in [2.05, 4.69) is 5.32 Å². The number of non-ortho nitro benzene ring substituents is 1. The second kappa shape index (κ2) is 6.45. The number of halogens is 1. The largest absolute Gasteiger partial charge is 0.333 e. The van der Waals surface area contributed by atoms with Gasteiger partial charge in [0.25, 0.3) is 11.6 Å². The molecule has 0 fully saturated rings. The van der Waals surface area contributed by atoms with Crippen molar-refractivity contribution in [1.82, 2.24) is 5.32 Å². The molecule has 0 saturated heterocycles. The van der Waals surface area contributed by atoms with Crippen molar-refractivity contribution >= 4 is 11.6 Å². The Morgan fingerprint density at radius 2 is 1.77 bits per heavy atom. The summed E-state index contributed by atoms with van der Waals surface area (Å²) < 4.78 is 12.9. The third-order valence-electron chi connectivity index (χ3n) is 2.95. The van der Waals surface area contributed by atoms with Gasteiger partial charge < -0.3 is 5.32 Å². The third kappa shape index (κ3) is 3.43. The number of benzene rings is 2. The number of nitrogens with zero attached hydrogens (tertiary/aromatic N) is 2. The van der Waals surface area contributed by atoms with Gasteiger partial charge in [0.15, 0.2) is 0 Å². The fourth-order valence-electron chi connectivity index (χ4n) is 1.79. The lowest BCUT2D eigenvalue weighted by atomic mass is 10.1. The Bertz CT molecular complexity index is 736. The number of nitro benzene ring substituents is 1. The van der Waals surface area contributed by atoms with E-state index >= 15 is 0 Å². The summed E-state index contributed by atoms with van der Waals surface area (Å²) >= 11 is 0. The highest BCUT2D eigenvalue weighted by atomic mass is 19.1. The van der Waals surface area contributed by atoms with Gasteiger partial charge >= 0.3 is 0 Å². The number of rotatable bonds is 4. The minimum absolute atomic E-state index is 0.132. The molecule has 0 radical (unpaired) electrons. The number of nitro groups is 1. The molecule has 0 bridgehead atoms. The summed E-state index contributed by atoms with van der Waals surface area (Å²) in [5.74, 6) is -0.993. The average Bonchev–Trinajstić information content (AvgIpc) is 2.53. The lowest BCUT2D eigenvalue weighted by Crippen LogP contribution is -2.27. The molecule has 1 N–H and O–H groups in total. The van der Waals surface area contributed by atoms with Gasteiger partial charge in [-0.1, -0.05) is 12.1 Å². The van der Waals surface area contributed by atoms with E-state index in [1.165, 1.54) is 48.5 Å². The van der Waals surface area contributed by atoms with Crippen molar-refractivity contribution in [2.24, 2.45) is 0 Å². The smallest absolute Gasteiger partial charge is 0.269 e. The number of nitrogens with one attached hydrogen (secondary N) is 1. The molecular formula is C15H10FN3O3. The zero-order valence-electron chi connectivity index (χ0n) is 11.2. The van der Waals surface area contributed by atoms with Gasteiger partial charge in [0.05, 0.1) is 11.0 Å². The van der Waals surface area contributed by atoms with Crippen molar-refractivity contribution in [3.63, 3.8) is 0 Å². The summed E-state index contributed by atoms with van der Waals surface area (Å²) in [6.45, 7) is 0. The van der Waals surface area contributed by atoms with Crippen LogP contribution in [-0.4, -0.2) is 10.8 Å². The molecule has 0 saturated carbocycles. The molecule has 0 heterocycles. The maximum Gasteiger partial charge on any atom is 0.269 e. The second-order valence-corrected chi connectivity index (χ2v) is 4.39. The van der Waals surface area contributed by atoms with Gasteiger partial charge in [-0.15, -0.1) is 0 Å². The quantitative estimate of drug-likeness (QED) is 0.693. The van der Waals surface area contributed by atoms with Crippen LogP contribution in [0.15, 0.2) is 48.5 Å². The fourth-order valence-corrected chi connectivity index (χ4v) is 1.79. The summed E-state index contributed by atoms with van der Waals surface area (Å²) in [5.41, 5.74) is 0.499. The lowest BCUT2D eigenvalue weighted by Gasteiger charge is -2.12. The van der Waals surface area contributed by atoms with Crippen LogP contribution in [0.25, 0.3) is 0 Å². The van der Waals surface area contributed by atoms with E-state index in [0.29, 0.717) is 5.56 Å². The van der Waals surface area contributed by atoms with Gasteiger partial charge in [-0.3, -0.25) is 14.9 Å². The standard InChI is InChI=1S/C15H10FN3O3/c16-12-5-1-10(2-6-12)14(9-17)18-15(20)11-3-7-13(8-4-11)19(21)22/h1-8,14H,(H,18,20)/t14-/m1/s1. The van der Waals surface area contributed by atoms with Gasteiger partial charge in [0.2, 0.25) is 0 Å². The second-order valence-electron chi connectivity index (χ2n) is 4.39. The van der Waals surface area contributed by atoms with Gasteiger partial charge in [-0.05, 0) is 29.8 Å². The van der Waals surface area contributed by atoms with Gasteiger partial charge in [0.1, 0.15) is 11.9 Å². The molecule has 1 atom stereocenters. The molecule has 0 aromatic heterocycles. The minimum atomic E-state index is -0.941. The van der Waals surface area contributed by atoms with Gasteiger partial charge in [0, 0.05) is 17.7 Å². The van der Waals surface area contributed by atoms with Crippen LogP contribution in [0.5, 0.6) is 0 Å². The maximum atomic E-state index is 12.9. The van der Waals surface area contributed by atoms with E-state index in [1.54, 1.807) is 0 Å². The van der Waals surface area contributed by atoms with E-state index in [0.717, 1.165) is 0 Å². The monoisotopic (exact) mass is 299 g/mol. The molecule has 7 heteroatoms. The number of carbonyl (C=O) groups is 1. The van der Waals surface area contributed by atoms with Crippen molar-refractivity contribution < 1.29 is 14.1 Å². The van der Waals surface area contributed by atoms with E-state index in [1.807, 2.05) is 6.07 Å². The summed E-state index contributed by atoms with van der Waals surface area (Å²) in [6, 6.07) is 11.2. The highest BCUT2D eigenvalue weighted by molar-refractivity contribution is 5.94. The summed E-state index contributed by atoms with van der Waals surface area (Å²) in [5, 5.41) is 22.1. The van der Waals surface area contributed by atoms with Crippen molar-refractivity contribution in [3.05, 3.63) is 75.6 Å². The van der Waals surface area contributed by atoms with Crippen LogP contribution in [-0.2, 0) is 0 Å². The Morgan fingerprint density at radius 1 is 1.18 bits per heavy atom. The number of nitriles is 1. The van der Waals surface area contributed by atoms with Crippen molar-refractivity contribution in [2.45, 2.75) is 6.04 Å². The summed E-state index contributed by atoms with van der Waals surface area (Å²) in [4.78, 5) is 22.0. The Labute approximate surface area is 125 Å². The van der Waals surface area contributed by atoms with Crippen molar-refractivity contribution in [2.75, 3.05) is 0 Å². The predicted molar refractivity (Wildman–Crippen MR) is 75.3 cm³/mol. The summed E-state index contributed by atoms with van der Waals surface area (Å²) in [7, 11) is 0. The molecule has 0 aliphatic carbocycles. The Balaban J connectivity index is 2.14. The molecule has 0 unspecified atom stereocenters. The Kier molecular flexibility index (Phi) is 4.44. The zero-order chi connectivity index (χ0) is 16.1.